The van der Waals surface area contributed by atoms with E-state index in [9.17, 15) is 9.90 Å². The molecule has 0 heterocycles. The lowest BCUT2D eigenvalue weighted by molar-refractivity contribution is -0.132. The Bertz CT molecular complexity index is 724. The average Bonchev–Trinajstić information content (AvgIpc) is 2.47. The lowest BCUT2D eigenvalue weighted by atomic mass is 9.85. The smallest absolute Gasteiger partial charge is 0.335 e. The highest BCUT2D eigenvalue weighted by Gasteiger charge is 2.42. The predicted octanol–water partition coefficient (Wildman–Crippen LogP) is 6.17. The molecule has 1 N–H and O–H groups in total. The zero-order chi connectivity index (χ0) is 16.3. The van der Waals surface area contributed by atoms with E-state index in [1.165, 1.54) is 0 Å². The van der Waals surface area contributed by atoms with E-state index in [1.807, 2.05) is 54.6 Å². The Balaban J connectivity index is 2.85. The third-order valence-electron chi connectivity index (χ3n) is 3.16. The SMILES string of the molecule is O=C(O)C(=C(Br)Br)C(Br)(c1ccccc1)c1ccccc1Br. The minimum atomic E-state index is -1.03. The molecule has 2 nitrogen and oxygen atoms in total. The van der Waals surface area contributed by atoms with Crippen molar-refractivity contribution in [2.45, 2.75) is 4.32 Å². The molecule has 114 valence electrons. The summed E-state index contributed by atoms with van der Waals surface area (Å²) in [5.41, 5.74) is 1.77. The van der Waals surface area contributed by atoms with Crippen LogP contribution in [0.1, 0.15) is 11.1 Å². The largest absolute Gasteiger partial charge is 0.478 e. The molecule has 0 radical (unpaired) electrons. The number of benzene rings is 2. The number of carbonyl (C=O) groups is 1. The highest BCUT2D eigenvalue weighted by Crippen LogP contribution is 2.50. The molecule has 2 aromatic rings. The van der Waals surface area contributed by atoms with Gasteiger partial charge in [-0.1, -0.05) is 80.4 Å². The summed E-state index contributed by atoms with van der Waals surface area (Å²) in [5, 5.41) is 9.73. The first-order valence-corrected chi connectivity index (χ1v) is 9.34. The van der Waals surface area contributed by atoms with Gasteiger partial charge < -0.3 is 5.11 Å². The van der Waals surface area contributed by atoms with Gasteiger partial charge in [-0.25, -0.2) is 4.79 Å². The second kappa shape index (κ2) is 7.43. The van der Waals surface area contributed by atoms with Gasteiger partial charge in [0.2, 0.25) is 0 Å². The summed E-state index contributed by atoms with van der Waals surface area (Å²) in [6.45, 7) is 0. The van der Waals surface area contributed by atoms with Crippen molar-refractivity contribution in [1.29, 1.82) is 0 Å². The maximum atomic E-state index is 11.9. The molecule has 2 rings (SSSR count). The van der Waals surface area contributed by atoms with Crippen LogP contribution in [0.15, 0.2) is 68.0 Å². The molecule has 0 saturated carbocycles. The van der Waals surface area contributed by atoms with Gasteiger partial charge in [-0.05, 0) is 49.1 Å². The van der Waals surface area contributed by atoms with Crippen molar-refractivity contribution in [2.75, 3.05) is 0 Å². The van der Waals surface area contributed by atoms with Crippen LogP contribution in [0.4, 0.5) is 0 Å². The minimum Gasteiger partial charge on any atom is -0.478 e. The average molecular weight is 554 g/mol. The fourth-order valence-corrected chi connectivity index (χ4v) is 5.49. The first-order valence-electron chi connectivity index (χ1n) is 6.17. The van der Waals surface area contributed by atoms with Gasteiger partial charge in [0.25, 0.3) is 0 Å². The number of halogens is 4. The molecule has 0 bridgehead atoms. The number of alkyl halides is 1. The van der Waals surface area contributed by atoms with E-state index < -0.39 is 10.3 Å². The molecule has 2 aromatic carbocycles. The normalized spacial score (nSPS) is 13.3. The van der Waals surface area contributed by atoms with Gasteiger partial charge in [0.1, 0.15) is 4.32 Å². The van der Waals surface area contributed by atoms with E-state index in [1.54, 1.807) is 0 Å². The van der Waals surface area contributed by atoms with Crippen molar-refractivity contribution < 1.29 is 9.90 Å². The zero-order valence-electron chi connectivity index (χ0n) is 11.1. The molecule has 6 heteroatoms. The summed E-state index contributed by atoms with van der Waals surface area (Å²) in [4.78, 5) is 11.9. The van der Waals surface area contributed by atoms with Gasteiger partial charge in [-0.2, -0.15) is 0 Å². The standard InChI is InChI=1S/C16H10Br4O2/c17-12-9-5-4-8-11(12)16(20,10-6-2-1-3-7-10)13(14(18)19)15(21)22/h1-9H,(H,21,22). The van der Waals surface area contributed by atoms with E-state index in [0.29, 0.717) is 3.39 Å². The fraction of sp³-hybridized carbons (Fsp3) is 0.0625. The topological polar surface area (TPSA) is 37.3 Å². The number of hydrogen-bond acceptors (Lipinski definition) is 1. The van der Waals surface area contributed by atoms with Crippen molar-refractivity contribution in [3.8, 4) is 0 Å². The second-order valence-electron chi connectivity index (χ2n) is 4.44. The number of aliphatic carboxylic acids is 1. The number of carboxylic acid groups (broad SMARTS) is 1. The van der Waals surface area contributed by atoms with Gasteiger partial charge in [0.05, 0.1) is 8.96 Å². The Labute approximate surface area is 162 Å². The molecule has 0 saturated heterocycles. The summed E-state index contributed by atoms with van der Waals surface area (Å²) < 4.78 is 0.183. The third kappa shape index (κ3) is 3.40. The maximum absolute atomic E-state index is 11.9. The summed E-state index contributed by atoms with van der Waals surface area (Å²) >= 11 is 13.7. The summed E-state index contributed by atoms with van der Waals surface area (Å²) in [6, 6.07) is 17.0. The zero-order valence-corrected chi connectivity index (χ0v) is 17.4. The van der Waals surface area contributed by atoms with Gasteiger partial charge >= 0.3 is 5.97 Å². The maximum Gasteiger partial charge on any atom is 0.335 e. The lowest BCUT2D eigenvalue weighted by Gasteiger charge is -2.31. The van der Waals surface area contributed by atoms with Crippen LogP contribution in [0.2, 0.25) is 0 Å². The van der Waals surface area contributed by atoms with Crippen molar-refractivity contribution in [3.63, 3.8) is 0 Å². The van der Waals surface area contributed by atoms with E-state index in [4.69, 9.17) is 0 Å². The monoisotopic (exact) mass is 550 g/mol. The molecule has 0 spiro atoms. The van der Waals surface area contributed by atoms with E-state index in [2.05, 4.69) is 63.7 Å². The molecule has 0 aliphatic heterocycles. The van der Waals surface area contributed by atoms with Gasteiger partial charge in [-0.3, -0.25) is 0 Å². The molecule has 0 aliphatic carbocycles. The van der Waals surface area contributed by atoms with Crippen molar-refractivity contribution in [3.05, 3.63) is 79.2 Å². The molecule has 1 atom stereocenters. The number of carboxylic acids is 1. The van der Waals surface area contributed by atoms with Crippen LogP contribution in [0.25, 0.3) is 0 Å². The fourth-order valence-electron chi connectivity index (χ4n) is 2.20. The second-order valence-corrected chi connectivity index (χ2v) is 9.14. The van der Waals surface area contributed by atoms with Crippen LogP contribution in [-0.2, 0) is 9.12 Å². The Morgan fingerprint density at radius 2 is 1.50 bits per heavy atom. The quantitative estimate of drug-likeness (QED) is 0.363. The molecular weight excluding hydrogens is 544 g/mol. The Kier molecular flexibility index (Phi) is 6.05. The van der Waals surface area contributed by atoms with Crippen molar-refractivity contribution in [2.24, 2.45) is 0 Å². The molecule has 0 aliphatic rings. The summed E-state index contributed by atoms with van der Waals surface area (Å²) in [7, 11) is 0. The summed E-state index contributed by atoms with van der Waals surface area (Å²) in [6.07, 6.45) is 0. The lowest BCUT2D eigenvalue weighted by Crippen LogP contribution is -2.28. The van der Waals surface area contributed by atoms with Crippen LogP contribution in [0, 0.1) is 0 Å². The number of hydrogen-bond donors (Lipinski definition) is 1. The van der Waals surface area contributed by atoms with E-state index in [0.717, 1.165) is 15.6 Å². The van der Waals surface area contributed by atoms with Gasteiger partial charge in [0.15, 0.2) is 0 Å². The van der Waals surface area contributed by atoms with Crippen LogP contribution in [-0.4, -0.2) is 11.1 Å². The molecular formula is C16H10Br4O2. The molecule has 0 amide bonds. The molecule has 0 fully saturated rings. The molecule has 22 heavy (non-hydrogen) atoms. The van der Waals surface area contributed by atoms with E-state index >= 15 is 0 Å². The van der Waals surface area contributed by atoms with Crippen LogP contribution in [0.5, 0.6) is 0 Å². The van der Waals surface area contributed by atoms with Gasteiger partial charge in [-0.15, -0.1) is 0 Å². The Morgan fingerprint density at radius 1 is 0.955 bits per heavy atom. The predicted molar refractivity (Wildman–Crippen MR) is 103 cm³/mol. The first kappa shape index (κ1) is 17.9. The Hall–Kier alpha value is -0.430. The van der Waals surface area contributed by atoms with Crippen LogP contribution >= 0.6 is 63.7 Å². The van der Waals surface area contributed by atoms with Crippen LogP contribution in [0.3, 0.4) is 0 Å². The van der Waals surface area contributed by atoms with E-state index in [-0.39, 0.29) is 5.57 Å². The third-order valence-corrected chi connectivity index (χ3v) is 5.93. The molecule has 1 unspecified atom stereocenters. The first-order chi connectivity index (χ1) is 10.4. The van der Waals surface area contributed by atoms with Crippen LogP contribution < -0.4 is 0 Å². The minimum absolute atomic E-state index is 0.158. The summed E-state index contributed by atoms with van der Waals surface area (Å²) in [5.74, 6) is -1.03. The molecule has 0 aromatic heterocycles. The highest BCUT2D eigenvalue weighted by molar-refractivity contribution is 9.28. The number of rotatable bonds is 4. The van der Waals surface area contributed by atoms with Gasteiger partial charge in [0, 0.05) is 4.47 Å². The van der Waals surface area contributed by atoms with Crippen molar-refractivity contribution in [1.82, 2.24) is 0 Å². The van der Waals surface area contributed by atoms with Crippen molar-refractivity contribution >= 4 is 69.7 Å². The highest BCUT2D eigenvalue weighted by atomic mass is 79.9. The Morgan fingerprint density at radius 3 is 2.00 bits per heavy atom.